The number of hydrogen-bond donors (Lipinski definition) is 1. The lowest BCUT2D eigenvalue weighted by molar-refractivity contribution is -0.141. The van der Waals surface area contributed by atoms with Crippen molar-refractivity contribution in [3.05, 3.63) is 47.2 Å². The van der Waals surface area contributed by atoms with Crippen LogP contribution < -0.4 is 0 Å². The first kappa shape index (κ1) is 18.7. The summed E-state index contributed by atoms with van der Waals surface area (Å²) >= 11 is 0. The second-order valence-electron chi connectivity index (χ2n) is 7.58. The number of ether oxygens (including phenoxy) is 2. The maximum atomic E-state index is 12.0. The number of aromatic amines is 1. The van der Waals surface area contributed by atoms with Crippen molar-refractivity contribution >= 4 is 22.8 Å². The maximum absolute atomic E-state index is 12.0. The van der Waals surface area contributed by atoms with Gasteiger partial charge in [-0.05, 0) is 36.8 Å². The standard InChI is InChI=1S/C22H26N2O4/c1-27-20(25)8-7-14-13-24-10-9-17-16-5-3-4-6-18(16)23-22(17)19(24)11-15(14)12-21(26)28-2/h3-6,12,14,19,23H,7-11,13H2,1-2H3/b15-12+/t14-,19+/m1/s1. The first-order valence-corrected chi connectivity index (χ1v) is 9.79. The van der Waals surface area contributed by atoms with Crippen LogP contribution in [-0.2, 0) is 25.5 Å². The smallest absolute Gasteiger partial charge is 0.330 e. The number of benzene rings is 1. The third-order valence-corrected chi connectivity index (χ3v) is 6.11. The fourth-order valence-corrected chi connectivity index (χ4v) is 4.67. The zero-order chi connectivity index (χ0) is 19.7. The minimum Gasteiger partial charge on any atom is -0.469 e. The molecule has 4 rings (SSSR count). The Hall–Kier alpha value is -2.60. The normalized spacial score (nSPS) is 23.3. The minimum absolute atomic E-state index is 0.153. The van der Waals surface area contributed by atoms with Gasteiger partial charge in [0.2, 0.25) is 0 Å². The van der Waals surface area contributed by atoms with Gasteiger partial charge < -0.3 is 14.5 Å². The van der Waals surface area contributed by atoms with Crippen molar-refractivity contribution < 1.29 is 19.1 Å². The van der Waals surface area contributed by atoms with E-state index in [0.717, 1.165) is 31.5 Å². The Morgan fingerprint density at radius 3 is 2.86 bits per heavy atom. The summed E-state index contributed by atoms with van der Waals surface area (Å²) in [6, 6.07) is 8.64. The first-order chi connectivity index (χ1) is 13.6. The van der Waals surface area contributed by atoms with Crippen LogP contribution in [0.4, 0.5) is 0 Å². The number of para-hydroxylation sites is 1. The molecule has 1 aromatic heterocycles. The molecule has 2 aliphatic rings. The van der Waals surface area contributed by atoms with E-state index in [1.54, 1.807) is 6.08 Å². The van der Waals surface area contributed by atoms with Crippen LogP contribution in [0.25, 0.3) is 10.9 Å². The Bertz CT molecular complexity index is 930. The van der Waals surface area contributed by atoms with Gasteiger partial charge in [-0.2, -0.15) is 0 Å². The molecule has 0 radical (unpaired) electrons. The number of aromatic nitrogens is 1. The van der Waals surface area contributed by atoms with E-state index < -0.39 is 0 Å². The molecule has 0 saturated carbocycles. The summed E-state index contributed by atoms with van der Waals surface area (Å²) in [7, 11) is 2.81. The molecule has 28 heavy (non-hydrogen) atoms. The number of fused-ring (bicyclic) bond motifs is 5. The summed E-state index contributed by atoms with van der Waals surface area (Å²) in [6.07, 6.45) is 4.43. The van der Waals surface area contributed by atoms with E-state index in [2.05, 4.69) is 28.1 Å². The van der Waals surface area contributed by atoms with E-state index in [1.807, 2.05) is 6.07 Å². The van der Waals surface area contributed by atoms with Gasteiger partial charge in [-0.25, -0.2) is 4.79 Å². The number of piperidine rings is 1. The number of nitrogens with one attached hydrogen (secondary N) is 1. The number of carbonyl (C=O) groups is 2. The number of methoxy groups -OCH3 is 2. The first-order valence-electron chi connectivity index (χ1n) is 9.79. The Morgan fingerprint density at radius 2 is 2.07 bits per heavy atom. The summed E-state index contributed by atoms with van der Waals surface area (Å²) in [5.74, 6) is -0.393. The number of nitrogens with zero attached hydrogens (tertiary/aromatic N) is 1. The Morgan fingerprint density at radius 1 is 1.25 bits per heavy atom. The molecule has 0 aliphatic carbocycles. The van der Waals surface area contributed by atoms with Gasteiger partial charge in [0.15, 0.2) is 0 Å². The molecule has 0 amide bonds. The third kappa shape index (κ3) is 3.44. The monoisotopic (exact) mass is 382 g/mol. The van der Waals surface area contributed by atoms with E-state index in [1.165, 1.54) is 36.4 Å². The second kappa shape index (κ2) is 7.80. The Balaban J connectivity index is 1.64. The SMILES string of the molecule is COC(=O)/C=C1\C[C@H]2c3[nH]c4ccccc4c3CCN2C[C@H]1CCC(=O)OC. The van der Waals surface area contributed by atoms with E-state index >= 15 is 0 Å². The summed E-state index contributed by atoms with van der Waals surface area (Å²) in [5, 5.41) is 1.29. The van der Waals surface area contributed by atoms with Crippen LogP contribution >= 0.6 is 0 Å². The number of rotatable bonds is 4. The molecule has 2 aromatic rings. The van der Waals surface area contributed by atoms with Gasteiger partial charge in [-0.3, -0.25) is 9.69 Å². The van der Waals surface area contributed by atoms with E-state index in [-0.39, 0.29) is 23.9 Å². The molecular formula is C22H26N2O4. The average Bonchev–Trinajstić information content (AvgIpc) is 3.11. The molecule has 0 bridgehead atoms. The van der Waals surface area contributed by atoms with Crippen molar-refractivity contribution in [2.45, 2.75) is 31.7 Å². The van der Waals surface area contributed by atoms with Crippen LogP contribution in [0.3, 0.4) is 0 Å². The van der Waals surface area contributed by atoms with Gasteiger partial charge in [0.1, 0.15) is 0 Å². The van der Waals surface area contributed by atoms with E-state index in [4.69, 9.17) is 9.47 Å². The van der Waals surface area contributed by atoms with Crippen LogP contribution in [0.5, 0.6) is 0 Å². The van der Waals surface area contributed by atoms with Crippen molar-refractivity contribution in [2.24, 2.45) is 5.92 Å². The highest BCUT2D eigenvalue weighted by Gasteiger charge is 2.37. The highest BCUT2D eigenvalue weighted by atomic mass is 16.5. The summed E-state index contributed by atoms with van der Waals surface area (Å²) < 4.78 is 9.67. The molecule has 2 atom stereocenters. The summed E-state index contributed by atoms with van der Waals surface area (Å²) in [4.78, 5) is 29.7. The largest absolute Gasteiger partial charge is 0.469 e. The lowest BCUT2D eigenvalue weighted by Gasteiger charge is -2.43. The molecule has 0 unspecified atom stereocenters. The van der Waals surface area contributed by atoms with Crippen LogP contribution in [0, 0.1) is 5.92 Å². The molecule has 1 N–H and O–H groups in total. The van der Waals surface area contributed by atoms with Crippen LogP contribution in [-0.4, -0.2) is 49.1 Å². The lowest BCUT2D eigenvalue weighted by atomic mass is 9.80. The van der Waals surface area contributed by atoms with Crippen LogP contribution in [0.1, 0.15) is 36.6 Å². The van der Waals surface area contributed by atoms with E-state index in [9.17, 15) is 9.59 Å². The molecular weight excluding hydrogens is 356 g/mol. The molecule has 1 fully saturated rings. The quantitative estimate of drug-likeness (QED) is 0.650. The third-order valence-electron chi connectivity index (χ3n) is 6.11. The zero-order valence-electron chi connectivity index (χ0n) is 16.4. The van der Waals surface area contributed by atoms with Gasteiger partial charge in [-0.15, -0.1) is 0 Å². The van der Waals surface area contributed by atoms with Gasteiger partial charge in [0.05, 0.1) is 20.3 Å². The van der Waals surface area contributed by atoms with Crippen molar-refractivity contribution in [3.63, 3.8) is 0 Å². The predicted molar refractivity (Wildman–Crippen MR) is 106 cm³/mol. The van der Waals surface area contributed by atoms with Crippen LogP contribution in [0.2, 0.25) is 0 Å². The van der Waals surface area contributed by atoms with E-state index in [0.29, 0.717) is 12.8 Å². The maximum Gasteiger partial charge on any atom is 0.330 e. The van der Waals surface area contributed by atoms with Gasteiger partial charge in [-0.1, -0.05) is 23.8 Å². The lowest BCUT2D eigenvalue weighted by Crippen LogP contribution is -2.43. The number of hydrogen-bond acceptors (Lipinski definition) is 5. The molecule has 1 saturated heterocycles. The van der Waals surface area contributed by atoms with Crippen molar-refractivity contribution in [1.82, 2.24) is 9.88 Å². The summed E-state index contributed by atoms with van der Waals surface area (Å²) in [5.41, 5.74) is 4.88. The molecule has 1 aromatic carbocycles. The van der Waals surface area contributed by atoms with Gasteiger partial charge in [0.25, 0.3) is 0 Å². The van der Waals surface area contributed by atoms with Crippen molar-refractivity contribution in [3.8, 4) is 0 Å². The fraction of sp³-hybridized carbons (Fsp3) is 0.455. The Labute approximate surface area is 164 Å². The molecule has 148 valence electrons. The predicted octanol–water partition coefficient (Wildman–Crippen LogP) is 3.14. The van der Waals surface area contributed by atoms with Gasteiger partial charge >= 0.3 is 11.9 Å². The molecule has 6 heteroatoms. The Kier molecular flexibility index (Phi) is 5.22. The minimum atomic E-state index is -0.334. The number of carbonyl (C=O) groups excluding carboxylic acids is 2. The fourth-order valence-electron chi connectivity index (χ4n) is 4.67. The number of esters is 2. The van der Waals surface area contributed by atoms with Crippen molar-refractivity contribution in [2.75, 3.05) is 27.3 Å². The summed E-state index contributed by atoms with van der Waals surface area (Å²) in [6.45, 7) is 1.82. The van der Waals surface area contributed by atoms with Gasteiger partial charge in [0, 0.05) is 42.2 Å². The molecule has 2 aliphatic heterocycles. The topological polar surface area (TPSA) is 71.6 Å². The molecule has 0 spiro atoms. The average molecular weight is 382 g/mol. The molecule has 6 nitrogen and oxygen atoms in total. The zero-order valence-corrected chi connectivity index (χ0v) is 16.4. The highest BCUT2D eigenvalue weighted by molar-refractivity contribution is 5.85. The van der Waals surface area contributed by atoms with Crippen molar-refractivity contribution in [1.29, 1.82) is 0 Å². The molecule has 3 heterocycles. The highest BCUT2D eigenvalue weighted by Crippen LogP contribution is 2.43. The van der Waals surface area contributed by atoms with Crippen LogP contribution in [0.15, 0.2) is 35.9 Å². The second-order valence-corrected chi connectivity index (χ2v) is 7.58. The number of H-pyrrole nitrogens is 1.